The number of nitrogens with zero attached hydrogens (tertiary/aromatic N) is 2. The van der Waals surface area contributed by atoms with Gasteiger partial charge in [0.2, 0.25) is 0 Å². The molecular formula is C14H13N3O3S. The molecule has 0 aromatic carbocycles. The van der Waals surface area contributed by atoms with Gasteiger partial charge in [0.15, 0.2) is 0 Å². The second-order valence-electron chi connectivity index (χ2n) is 4.11. The third-order valence-electron chi connectivity index (χ3n) is 2.59. The van der Waals surface area contributed by atoms with Crippen molar-refractivity contribution in [3.63, 3.8) is 0 Å². The average Bonchev–Trinajstić information content (AvgIpc) is 2.48. The largest absolute Gasteiger partial charge is 0.384 e. The molecule has 0 fully saturated rings. The van der Waals surface area contributed by atoms with E-state index in [1.165, 1.54) is 18.5 Å². The van der Waals surface area contributed by atoms with Crippen molar-refractivity contribution in [1.82, 2.24) is 9.97 Å². The predicted molar refractivity (Wildman–Crippen MR) is 78.0 cm³/mol. The van der Waals surface area contributed by atoms with E-state index in [-0.39, 0.29) is 11.5 Å². The third-order valence-corrected chi connectivity index (χ3v) is 3.92. The normalized spacial score (nSPS) is 10.6. The Morgan fingerprint density at radius 2 is 2.19 bits per heavy atom. The molecule has 2 heterocycles. The molecule has 2 aromatic rings. The highest BCUT2D eigenvalue weighted by molar-refractivity contribution is 7.92. The lowest BCUT2D eigenvalue weighted by Gasteiger charge is -2.09. The molecule has 108 valence electrons. The first kappa shape index (κ1) is 15.0. The van der Waals surface area contributed by atoms with Crippen molar-refractivity contribution in [1.29, 1.82) is 0 Å². The molecule has 7 heteroatoms. The maximum absolute atomic E-state index is 12.3. The second kappa shape index (κ2) is 6.35. The highest BCUT2D eigenvalue weighted by Crippen LogP contribution is 2.17. The van der Waals surface area contributed by atoms with Gasteiger partial charge in [-0.3, -0.25) is 14.7 Å². The maximum atomic E-state index is 12.3. The number of aromatic nitrogens is 2. The SMILES string of the molecule is Cc1ncccc1NS(=O)(=O)c1cncc(C#CCO)c1. The first-order valence-corrected chi connectivity index (χ1v) is 7.50. The van der Waals surface area contributed by atoms with Gasteiger partial charge in [-0.05, 0) is 25.1 Å². The van der Waals surface area contributed by atoms with Crippen molar-refractivity contribution in [3.8, 4) is 11.8 Å². The Balaban J connectivity index is 2.34. The number of pyridine rings is 2. The molecule has 0 aliphatic rings. The molecule has 0 radical (unpaired) electrons. The van der Waals surface area contributed by atoms with E-state index in [9.17, 15) is 8.42 Å². The number of hydrogen-bond acceptors (Lipinski definition) is 5. The number of sulfonamides is 1. The fourth-order valence-corrected chi connectivity index (χ4v) is 2.68. The summed E-state index contributed by atoms with van der Waals surface area (Å²) >= 11 is 0. The topological polar surface area (TPSA) is 92.2 Å². The molecule has 0 spiro atoms. The van der Waals surface area contributed by atoms with Crippen molar-refractivity contribution in [3.05, 3.63) is 48.0 Å². The fraction of sp³-hybridized carbons (Fsp3) is 0.143. The Bertz CT molecular complexity index is 807. The van der Waals surface area contributed by atoms with Crippen molar-refractivity contribution >= 4 is 15.7 Å². The standard InChI is InChI=1S/C14H13N3O3S/c1-11-14(5-2-6-16-11)17-21(19,20)13-8-12(4-3-7-18)9-15-10-13/h2,5-6,8-10,17-18H,7H2,1H3. The molecule has 0 atom stereocenters. The van der Waals surface area contributed by atoms with E-state index in [1.54, 1.807) is 25.3 Å². The van der Waals surface area contributed by atoms with E-state index < -0.39 is 10.0 Å². The fourth-order valence-electron chi connectivity index (χ4n) is 1.57. The molecule has 0 unspecified atom stereocenters. The minimum atomic E-state index is -3.77. The van der Waals surface area contributed by atoms with E-state index in [1.807, 2.05) is 0 Å². The summed E-state index contributed by atoms with van der Waals surface area (Å²) in [5.74, 6) is 5.06. The van der Waals surface area contributed by atoms with Crippen molar-refractivity contribution in [2.45, 2.75) is 11.8 Å². The summed E-state index contributed by atoms with van der Waals surface area (Å²) in [6.07, 6.45) is 4.24. The zero-order valence-electron chi connectivity index (χ0n) is 11.2. The molecule has 6 nitrogen and oxygen atoms in total. The molecule has 0 bridgehead atoms. The number of aliphatic hydroxyl groups excluding tert-OH is 1. The Hall–Kier alpha value is -2.43. The summed E-state index contributed by atoms with van der Waals surface area (Å²) in [6.45, 7) is 1.41. The summed E-state index contributed by atoms with van der Waals surface area (Å²) in [4.78, 5) is 7.87. The van der Waals surface area contributed by atoms with Gasteiger partial charge >= 0.3 is 0 Å². The van der Waals surface area contributed by atoms with Crippen LogP contribution in [-0.2, 0) is 10.0 Å². The molecule has 2 aromatic heterocycles. The van der Waals surface area contributed by atoms with Crippen LogP contribution >= 0.6 is 0 Å². The number of anilines is 1. The van der Waals surface area contributed by atoms with Crippen molar-refractivity contribution < 1.29 is 13.5 Å². The average molecular weight is 303 g/mol. The Morgan fingerprint density at radius 1 is 1.38 bits per heavy atom. The molecular weight excluding hydrogens is 290 g/mol. The van der Waals surface area contributed by atoms with E-state index in [0.717, 1.165) is 0 Å². The van der Waals surface area contributed by atoms with Gasteiger partial charge in [0, 0.05) is 24.2 Å². The quantitative estimate of drug-likeness (QED) is 0.823. The van der Waals surface area contributed by atoms with Gasteiger partial charge in [-0.25, -0.2) is 8.42 Å². The van der Waals surface area contributed by atoms with Crippen LogP contribution in [0.5, 0.6) is 0 Å². The van der Waals surface area contributed by atoms with Crippen LogP contribution in [0, 0.1) is 18.8 Å². The van der Waals surface area contributed by atoms with Crippen molar-refractivity contribution in [2.24, 2.45) is 0 Å². The number of hydrogen-bond donors (Lipinski definition) is 2. The van der Waals surface area contributed by atoms with Gasteiger partial charge in [0.25, 0.3) is 10.0 Å². The van der Waals surface area contributed by atoms with Crippen LogP contribution in [0.4, 0.5) is 5.69 Å². The third kappa shape index (κ3) is 3.78. The molecule has 0 aliphatic heterocycles. The summed E-state index contributed by atoms with van der Waals surface area (Å²) in [6, 6.07) is 4.67. The maximum Gasteiger partial charge on any atom is 0.263 e. The smallest absolute Gasteiger partial charge is 0.263 e. The Kier molecular flexibility index (Phi) is 4.52. The summed E-state index contributed by atoms with van der Waals surface area (Å²) in [7, 11) is -3.77. The van der Waals surface area contributed by atoms with Gasteiger partial charge in [-0.1, -0.05) is 11.8 Å². The minimum absolute atomic E-state index is 0.00417. The zero-order valence-corrected chi connectivity index (χ0v) is 12.1. The summed E-state index contributed by atoms with van der Waals surface area (Å²) in [5, 5.41) is 8.65. The lowest BCUT2D eigenvalue weighted by Crippen LogP contribution is -2.14. The number of aliphatic hydroxyl groups is 1. The van der Waals surface area contributed by atoms with E-state index >= 15 is 0 Å². The highest BCUT2D eigenvalue weighted by Gasteiger charge is 2.16. The first-order chi connectivity index (χ1) is 10.0. The molecule has 0 aliphatic carbocycles. The van der Waals surface area contributed by atoms with Gasteiger partial charge in [0.05, 0.1) is 11.4 Å². The van der Waals surface area contributed by atoms with Gasteiger partial charge in [-0.15, -0.1) is 0 Å². The zero-order chi connectivity index (χ0) is 15.3. The molecule has 0 saturated carbocycles. The monoisotopic (exact) mass is 303 g/mol. The summed E-state index contributed by atoms with van der Waals surface area (Å²) in [5.41, 5.74) is 1.39. The van der Waals surface area contributed by atoms with Gasteiger partial charge in [0.1, 0.15) is 11.5 Å². The Morgan fingerprint density at radius 3 is 2.90 bits per heavy atom. The van der Waals surface area contributed by atoms with Crippen LogP contribution in [0.25, 0.3) is 0 Å². The predicted octanol–water partition coefficient (Wildman–Crippen LogP) is 0.930. The number of rotatable bonds is 3. The van der Waals surface area contributed by atoms with Crippen LogP contribution in [0.15, 0.2) is 41.7 Å². The second-order valence-corrected chi connectivity index (χ2v) is 5.79. The summed E-state index contributed by atoms with van der Waals surface area (Å²) < 4.78 is 27.1. The minimum Gasteiger partial charge on any atom is -0.384 e. The molecule has 0 saturated heterocycles. The molecule has 2 rings (SSSR count). The van der Waals surface area contributed by atoms with E-state index in [4.69, 9.17) is 5.11 Å². The van der Waals surface area contributed by atoms with E-state index in [0.29, 0.717) is 16.9 Å². The lowest BCUT2D eigenvalue weighted by molar-refractivity contribution is 0.350. The van der Waals surface area contributed by atoms with Crippen LogP contribution in [0.2, 0.25) is 0 Å². The van der Waals surface area contributed by atoms with Gasteiger partial charge < -0.3 is 5.11 Å². The first-order valence-electron chi connectivity index (χ1n) is 6.02. The lowest BCUT2D eigenvalue weighted by atomic mass is 10.3. The van der Waals surface area contributed by atoms with Gasteiger partial charge in [-0.2, -0.15) is 0 Å². The van der Waals surface area contributed by atoms with E-state index in [2.05, 4.69) is 26.5 Å². The highest BCUT2D eigenvalue weighted by atomic mass is 32.2. The van der Waals surface area contributed by atoms with Crippen LogP contribution in [0.1, 0.15) is 11.3 Å². The Labute approximate surface area is 122 Å². The number of nitrogens with one attached hydrogen (secondary N) is 1. The van der Waals surface area contributed by atoms with Crippen molar-refractivity contribution in [2.75, 3.05) is 11.3 Å². The number of aryl methyl sites for hydroxylation is 1. The molecule has 0 amide bonds. The van der Waals surface area contributed by atoms with Crippen LogP contribution in [0.3, 0.4) is 0 Å². The van der Waals surface area contributed by atoms with Crippen LogP contribution in [-0.4, -0.2) is 30.1 Å². The molecule has 2 N–H and O–H groups in total. The van der Waals surface area contributed by atoms with Crippen LogP contribution < -0.4 is 4.72 Å². The molecule has 21 heavy (non-hydrogen) atoms.